The van der Waals surface area contributed by atoms with E-state index in [0.717, 1.165) is 38.5 Å². The second-order valence-electron chi connectivity index (χ2n) is 7.33. The second-order valence-corrected chi connectivity index (χ2v) is 7.74. The summed E-state index contributed by atoms with van der Waals surface area (Å²) in [5, 5.41) is 12.3. The zero-order chi connectivity index (χ0) is 21.9. The van der Waals surface area contributed by atoms with Crippen LogP contribution in [0.4, 0.5) is 0 Å². The average molecular weight is 437 g/mol. The van der Waals surface area contributed by atoms with E-state index in [-0.39, 0.29) is 35.4 Å². The van der Waals surface area contributed by atoms with Gasteiger partial charge in [-0.3, -0.25) is 4.79 Å². The van der Waals surface area contributed by atoms with Gasteiger partial charge in [0, 0.05) is 11.8 Å². The van der Waals surface area contributed by atoms with Crippen molar-refractivity contribution in [3.63, 3.8) is 0 Å². The van der Waals surface area contributed by atoms with Crippen LogP contribution < -0.4 is 14.2 Å². The first-order valence-electron chi connectivity index (χ1n) is 11.0. The summed E-state index contributed by atoms with van der Waals surface area (Å²) in [6.07, 6.45) is 6.79. The molecule has 0 fully saturated rings. The Morgan fingerprint density at radius 2 is 1.53 bits per heavy atom. The van der Waals surface area contributed by atoms with E-state index in [9.17, 15) is 9.90 Å². The Morgan fingerprint density at radius 1 is 0.900 bits per heavy atom. The molecule has 0 spiro atoms. The number of benzene rings is 2. The van der Waals surface area contributed by atoms with Gasteiger partial charge in [-0.05, 0) is 25.3 Å². The SMILES string of the molecule is CCCCCOc1c(OCCCCC)c(O)c2c(Cl)cccc2c1OC(=O)CCC. The molecule has 0 atom stereocenters. The number of rotatable bonds is 13. The molecule has 0 unspecified atom stereocenters. The quantitative estimate of drug-likeness (QED) is 0.207. The Labute approximate surface area is 184 Å². The number of phenols is 1. The highest BCUT2D eigenvalue weighted by molar-refractivity contribution is 6.36. The van der Waals surface area contributed by atoms with Crippen LogP contribution in [0.3, 0.4) is 0 Å². The van der Waals surface area contributed by atoms with Gasteiger partial charge in [-0.15, -0.1) is 0 Å². The molecule has 6 heteroatoms. The minimum absolute atomic E-state index is 0.0899. The van der Waals surface area contributed by atoms with Gasteiger partial charge in [0.2, 0.25) is 11.5 Å². The molecular weight excluding hydrogens is 404 g/mol. The number of hydrogen-bond donors (Lipinski definition) is 1. The van der Waals surface area contributed by atoms with Crippen molar-refractivity contribution >= 4 is 28.3 Å². The molecule has 0 saturated heterocycles. The molecule has 0 aliphatic rings. The molecule has 5 nitrogen and oxygen atoms in total. The predicted octanol–water partition coefficient (Wildman–Crippen LogP) is 7.04. The Hall–Kier alpha value is -2.14. The third-order valence-corrected chi connectivity index (χ3v) is 5.10. The summed E-state index contributed by atoms with van der Waals surface area (Å²) in [6, 6.07) is 5.20. The lowest BCUT2D eigenvalue weighted by molar-refractivity contribution is -0.134. The van der Waals surface area contributed by atoms with Gasteiger partial charge in [0.15, 0.2) is 11.5 Å². The molecule has 0 radical (unpaired) electrons. The molecule has 0 aliphatic heterocycles. The molecule has 0 saturated carbocycles. The summed E-state index contributed by atoms with van der Waals surface area (Å²) in [5.74, 6) is 0.250. The summed E-state index contributed by atoms with van der Waals surface area (Å²) in [5.41, 5.74) is 0. The van der Waals surface area contributed by atoms with Crippen LogP contribution in [0, 0.1) is 0 Å². The van der Waals surface area contributed by atoms with E-state index >= 15 is 0 Å². The van der Waals surface area contributed by atoms with Gasteiger partial charge in [-0.2, -0.15) is 0 Å². The lowest BCUT2D eigenvalue weighted by Crippen LogP contribution is -2.11. The predicted molar refractivity (Wildman–Crippen MR) is 121 cm³/mol. The maximum Gasteiger partial charge on any atom is 0.311 e. The van der Waals surface area contributed by atoms with Crippen molar-refractivity contribution in [1.82, 2.24) is 0 Å². The van der Waals surface area contributed by atoms with Crippen molar-refractivity contribution in [1.29, 1.82) is 0 Å². The van der Waals surface area contributed by atoms with Crippen LogP contribution in [0.15, 0.2) is 18.2 Å². The second kappa shape index (κ2) is 12.5. The van der Waals surface area contributed by atoms with Crippen LogP contribution >= 0.6 is 11.6 Å². The maximum absolute atomic E-state index is 12.4. The fraction of sp³-hybridized carbons (Fsp3) is 0.542. The Morgan fingerprint density at radius 3 is 2.13 bits per heavy atom. The van der Waals surface area contributed by atoms with Crippen molar-refractivity contribution in [2.75, 3.05) is 13.2 Å². The monoisotopic (exact) mass is 436 g/mol. The molecule has 0 heterocycles. The number of halogens is 1. The number of hydrogen-bond acceptors (Lipinski definition) is 5. The van der Waals surface area contributed by atoms with E-state index < -0.39 is 0 Å². The van der Waals surface area contributed by atoms with Gasteiger partial charge in [0.05, 0.1) is 23.6 Å². The average Bonchev–Trinajstić information content (AvgIpc) is 2.72. The van der Waals surface area contributed by atoms with Gasteiger partial charge in [0.25, 0.3) is 0 Å². The largest absolute Gasteiger partial charge is 0.504 e. The number of unbranched alkanes of at least 4 members (excludes halogenated alkanes) is 4. The molecule has 30 heavy (non-hydrogen) atoms. The van der Waals surface area contributed by atoms with Crippen molar-refractivity contribution < 1.29 is 24.1 Å². The molecule has 1 N–H and O–H groups in total. The topological polar surface area (TPSA) is 65.0 Å². The van der Waals surface area contributed by atoms with Crippen molar-refractivity contribution in [2.24, 2.45) is 0 Å². The van der Waals surface area contributed by atoms with Gasteiger partial charge in [-0.1, -0.05) is 70.2 Å². The van der Waals surface area contributed by atoms with E-state index in [1.54, 1.807) is 18.2 Å². The zero-order valence-corrected chi connectivity index (χ0v) is 19.0. The van der Waals surface area contributed by atoms with E-state index in [1.165, 1.54) is 0 Å². The fourth-order valence-electron chi connectivity index (χ4n) is 3.19. The third-order valence-electron chi connectivity index (χ3n) is 4.78. The fourth-order valence-corrected chi connectivity index (χ4v) is 3.45. The van der Waals surface area contributed by atoms with Crippen LogP contribution in [0.25, 0.3) is 10.8 Å². The number of aromatic hydroxyl groups is 1. The van der Waals surface area contributed by atoms with Gasteiger partial charge in [0.1, 0.15) is 0 Å². The molecule has 166 valence electrons. The number of fused-ring (bicyclic) bond motifs is 1. The van der Waals surface area contributed by atoms with Crippen LogP contribution in [-0.4, -0.2) is 24.3 Å². The molecule has 2 aromatic carbocycles. The van der Waals surface area contributed by atoms with Crippen molar-refractivity contribution in [3.05, 3.63) is 23.2 Å². The number of esters is 1. The first-order chi connectivity index (χ1) is 14.5. The lowest BCUT2D eigenvalue weighted by atomic mass is 10.1. The number of ether oxygens (including phenoxy) is 3. The van der Waals surface area contributed by atoms with Crippen molar-refractivity contribution in [2.45, 2.75) is 72.1 Å². The van der Waals surface area contributed by atoms with Crippen LogP contribution in [-0.2, 0) is 4.79 Å². The van der Waals surface area contributed by atoms with Crippen LogP contribution in [0.2, 0.25) is 5.02 Å². The smallest absolute Gasteiger partial charge is 0.311 e. The highest BCUT2D eigenvalue weighted by atomic mass is 35.5. The molecule has 0 aromatic heterocycles. The summed E-state index contributed by atoms with van der Waals surface area (Å²) < 4.78 is 17.7. The van der Waals surface area contributed by atoms with E-state index in [1.807, 2.05) is 6.92 Å². The Balaban J connectivity index is 2.57. The number of carbonyl (C=O) groups excluding carboxylic acids is 1. The van der Waals surface area contributed by atoms with Crippen LogP contribution in [0.1, 0.15) is 72.1 Å². The first-order valence-corrected chi connectivity index (χ1v) is 11.4. The molecule has 0 aliphatic carbocycles. The zero-order valence-electron chi connectivity index (χ0n) is 18.3. The molecule has 2 aromatic rings. The summed E-state index contributed by atoms with van der Waals surface area (Å²) >= 11 is 6.39. The molecular formula is C24H33ClO5. The standard InChI is InChI=1S/C24H33ClO5/c1-4-7-9-15-28-23-21(27)20-17(13-11-14-18(20)25)22(30-19(26)12-6-3)24(23)29-16-10-8-5-2/h11,13-14,27H,4-10,12,15-16H2,1-3H3. The van der Waals surface area contributed by atoms with E-state index in [4.69, 9.17) is 25.8 Å². The number of carbonyl (C=O) groups is 1. The van der Waals surface area contributed by atoms with Gasteiger partial charge < -0.3 is 19.3 Å². The summed E-state index contributed by atoms with van der Waals surface area (Å²) in [7, 11) is 0. The highest BCUT2D eigenvalue weighted by Gasteiger charge is 2.26. The van der Waals surface area contributed by atoms with Gasteiger partial charge >= 0.3 is 5.97 Å². The maximum atomic E-state index is 12.4. The van der Waals surface area contributed by atoms with E-state index in [2.05, 4.69) is 13.8 Å². The van der Waals surface area contributed by atoms with Gasteiger partial charge in [-0.25, -0.2) is 0 Å². The minimum atomic E-state index is -0.361. The molecule has 0 bridgehead atoms. The molecule has 2 rings (SSSR count). The summed E-state index contributed by atoms with van der Waals surface area (Å²) in [4.78, 5) is 12.4. The number of phenolic OH excluding ortho intramolecular Hbond substituents is 1. The lowest BCUT2D eigenvalue weighted by Gasteiger charge is -2.20. The first kappa shape index (κ1) is 24.1. The Bertz CT molecular complexity index is 834. The third kappa shape index (κ3) is 6.18. The van der Waals surface area contributed by atoms with Crippen molar-refractivity contribution in [3.8, 4) is 23.0 Å². The highest BCUT2D eigenvalue weighted by Crippen LogP contribution is 2.52. The molecule has 0 amide bonds. The van der Waals surface area contributed by atoms with Crippen LogP contribution in [0.5, 0.6) is 23.0 Å². The van der Waals surface area contributed by atoms with E-state index in [0.29, 0.717) is 35.4 Å². The Kier molecular flexibility index (Phi) is 10.1. The minimum Gasteiger partial charge on any atom is -0.504 e. The summed E-state index contributed by atoms with van der Waals surface area (Å²) in [6.45, 7) is 7.00. The normalized spacial score (nSPS) is 10.9.